The molecular weight excluding hydrogens is 374 g/mol. The third kappa shape index (κ3) is 3.76. The average molecular weight is 400 g/mol. The minimum atomic E-state index is 0.360. The van der Waals surface area contributed by atoms with Gasteiger partial charge in [-0.05, 0) is 57.5 Å². The van der Waals surface area contributed by atoms with Crippen molar-refractivity contribution in [3.05, 3.63) is 60.2 Å². The Balaban J connectivity index is 1.62. The molecule has 1 aliphatic heterocycles. The minimum Gasteiger partial charge on any atom is -0.366 e. The Morgan fingerprint density at radius 2 is 1.93 bits per heavy atom. The van der Waals surface area contributed by atoms with Gasteiger partial charge in [0.05, 0.1) is 23.0 Å². The summed E-state index contributed by atoms with van der Waals surface area (Å²) in [6.45, 7) is 6.04. The van der Waals surface area contributed by atoms with Crippen molar-refractivity contribution in [3.8, 4) is 22.6 Å². The maximum absolute atomic E-state index is 4.92. The van der Waals surface area contributed by atoms with E-state index in [0.29, 0.717) is 11.9 Å². The summed E-state index contributed by atoms with van der Waals surface area (Å²) < 4.78 is 1.85. The van der Waals surface area contributed by atoms with Crippen LogP contribution in [0, 0.1) is 13.8 Å². The summed E-state index contributed by atoms with van der Waals surface area (Å²) in [6.07, 6.45) is 6.07. The molecule has 7 heteroatoms. The fourth-order valence-electron chi connectivity index (χ4n) is 4.06. The van der Waals surface area contributed by atoms with Crippen molar-refractivity contribution < 1.29 is 0 Å². The summed E-state index contributed by atoms with van der Waals surface area (Å²) in [7, 11) is 0. The first-order valence-corrected chi connectivity index (χ1v) is 10.4. The van der Waals surface area contributed by atoms with E-state index in [1.54, 1.807) is 0 Å². The van der Waals surface area contributed by atoms with Crippen LogP contribution < -0.4 is 10.6 Å². The fraction of sp³-hybridized carbons (Fsp3) is 0.304. The molecular formula is C23H25N7. The van der Waals surface area contributed by atoms with E-state index in [9.17, 15) is 0 Å². The molecule has 2 N–H and O–H groups in total. The number of hydrogen-bond acceptors (Lipinski definition) is 6. The molecule has 4 aromatic rings. The number of pyridine rings is 2. The summed E-state index contributed by atoms with van der Waals surface area (Å²) in [5, 5.41) is 11.5. The van der Waals surface area contributed by atoms with Crippen LogP contribution in [-0.2, 0) is 0 Å². The number of piperidine rings is 1. The fourth-order valence-corrected chi connectivity index (χ4v) is 4.06. The SMILES string of the molecule is Cc1cc(-c2cc(N[C@@H]3CCCNC3)nc(-c3cnn4ccccc34)n2)cc(C)n1. The van der Waals surface area contributed by atoms with Gasteiger partial charge in [-0.15, -0.1) is 0 Å². The van der Waals surface area contributed by atoms with Crippen LogP contribution in [0.3, 0.4) is 0 Å². The lowest BCUT2D eigenvalue weighted by Crippen LogP contribution is -2.38. The minimum absolute atomic E-state index is 0.360. The lowest BCUT2D eigenvalue weighted by Gasteiger charge is -2.24. The smallest absolute Gasteiger partial charge is 0.165 e. The van der Waals surface area contributed by atoms with Crippen LogP contribution in [0.25, 0.3) is 28.2 Å². The normalized spacial score (nSPS) is 16.7. The van der Waals surface area contributed by atoms with Crippen LogP contribution in [0.15, 0.2) is 48.8 Å². The van der Waals surface area contributed by atoms with Gasteiger partial charge in [-0.1, -0.05) is 6.07 Å². The summed E-state index contributed by atoms with van der Waals surface area (Å²) in [5.41, 5.74) is 5.80. The van der Waals surface area contributed by atoms with Crippen LogP contribution in [0.1, 0.15) is 24.2 Å². The van der Waals surface area contributed by atoms with Crippen LogP contribution in [0.4, 0.5) is 5.82 Å². The molecule has 0 radical (unpaired) electrons. The summed E-state index contributed by atoms with van der Waals surface area (Å²) in [5.74, 6) is 1.51. The second kappa shape index (κ2) is 7.84. The standard InChI is InChI=1S/C23H25N7/c1-15-10-17(11-16(2)26-15)20-12-22(27-18-6-5-8-24-13-18)29-23(28-20)19-14-25-30-9-4-3-7-21(19)30/h3-4,7,9-12,14,18,24H,5-6,8,13H2,1-2H3,(H,27,28,29)/t18-/m1/s1. The van der Waals surface area contributed by atoms with Gasteiger partial charge < -0.3 is 10.6 Å². The molecule has 7 nitrogen and oxygen atoms in total. The number of nitrogens with zero attached hydrogens (tertiary/aromatic N) is 5. The van der Waals surface area contributed by atoms with Gasteiger partial charge in [0.2, 0.25) is 0 Å². The Bertz CT molecular complexity index is 1170. The molecule has 1 atom stereocenters. The highest BCUT2D eigenvalue weighted by molar-refractivity contribution is 5.78. The molecule has 0 aromatic carbocycles. The predicted molar refractivity (Wildman–Crippen MR) is 118 cm³/mol. The van der Waals surface area contributed by atoms with E-state index in [-0.39, 0.29) is 0 Å². The first-order valence-electron chi connectivity index (χ1n) is 10.4. The van der Waals surface area contributed by atoms with Gasteiger partial charge in [0, 0.05) is 41.8 Å². The second-order valence-electron chi connectivity index (χ2n) is 7.88. The van der Waals surface area contributed by atoms with Crippen molar-refractivity contribution in [2.75, 3.05) is 18.4 Å². The molecule has 1 aliphatic rings. The van der Waals surface area contributed by atoms with Gasteiger partial charge in [-0.25, -0.2) is 14.5 Å². The van der Waals surface area contributed by atoms with Crippen LogP contribution in [0.2, 0.25) is 0 Å². The monoisotopic (exact) mass is 399 g/mol. The molecule has 5 rings (SSSR count). The topological polar surface area (TPSA) is 80.0 Å². The molecule has 0 spiro atoms. The zero-order chi connectivity index (χ0) is 20.5. The van der Waals surface area contributed by atoms with Crippen molar-refractivity contribution in [1.29, 1.82) is 0 Å². The maximum Gasteiger partial charge on any atom is 0.165 e. The van der Waals surface area contributed by atoms with Gasteiger partial charge in [0.25, 0.3) is 0 Å². The molecule has 152 valence electrons. The van der Waals surface area contributed by atoms with Crippen molar-refractivity contribution in [3.63, 3.8) is 0 Å². The Labute approximate surface area is 175 Å². The van der Waals surface area contributed by atoms with E-state index in [1.807, 2.05) is 55.0 Å². The van der Waals surface area contributed by atoms with E-state index in [0.717, 1.165) is 59.1 Å². The first kappa shape index (κ1) is 18.7. The first-order chi connectivity index (χ1) is 14.7. The highest BCUT2D eigenvalue weighted by atomic mass is 15.2. The molecule has 1 fully saturated rings. The Hall–Kier alpha value is -3.32. The van der Waals surface area contributed by atoms with Gasteiger partial charge in [0.15, 0.2) is 5.82 Å². The van der Waals surface area contributed by atoms with Crippen LogP contribution in [0.5, 0.6) is 0 Å². The van der Waals surface area contributed by atoms with E-state index < -0.39 is 0 Å². The largest absolute Gasteiger partial charge is 0.366 e. The molecule has 4 aromatic heterocycles. The van der Waals surface area contributed by atoms with Crippen molar-refractivity contribution in [1.82, 2.24) is 29.9 Å². The third-order valence-electron chi connectivity index (χ3n) is 5.42. The lowest BCUT2D eigenvalue weighted by atomic mass is 10.1. The number of nitrogens with one attached hydrogen (secondary N) is 2. The summed E-state index contributed by atoms with van der Waals surface area (Å²) in [4.78, 5) is 14.3. The van der Waals surface area contributed by atoms with Gasteiger partial charge >= 0.3 is 0 Å². The van der Waals surface area contributed by atoms with Crippen molar-refractivity contribution >= 4 is 11.3 Å². The van der Waals surface area contributed by atoms with E-state index in [4.69, 9.17) is 9.97 Å². The van der Waals surface area contributed by atoms with Gasteiger partial charge in [0.1, 0.15) is 5.82 Å². The Morgan fingerprint density at radius 3 is 2.73 bits per heavy atom. The quantitative estimate of drug-likeness (QED) is 0.545. The Morgan fingerprint density at radius 1 is 1.07 bits per heavy atom. The van der Waals surface area contributed by atoms with Crippen LogP contribution in [-0.4, -0.2) is 43.7 Å². The van der Waals surface area contributed by atoms with Gasteiger partial charge in [-0.3, -0.25) is 4.98 Å². The highest BCUT2D eigenvalue weighted by Gasteiger charge is 2.17. The van der Waals surface area contributed by atoms with E-state index >= 15 is 0 Å². The van der Waals surface area contributed by atoms with E-state index in [2.05, 4.69) is 32.8 Å². The lowest BCUT2D eigenvalue weighted by molar-refractivity contribution is 0.479. The molecule has 0 saturated carbocycles. The molecule has 1 saturated heterocycles. The summed E-state index contributed by atoms with van der Waals surface area (Å²) in [6, 6.07) is 12.6. The molecule has 0 unspecified atom stereocenters. The van der Waals surface area contributed by atoms with Crippen molar-refractivity contribution in [2.24, 2.45) is 0 Å². The average Bonchev–Trinajstić information content (AvgIpc) is 3.18. The highest BCUT2D eigenvalue weighted by Crippen LogP contribution is 2.28. The molecule has 30 heavy (non-hydrogen) atoms. The molecule has 0 bridgehead atoms. The van der Waals surface area contributed by atoms with Crippen LogP contribution >= 0.6 is 0 Å². The molecule has 0 aliphatic carbocycles. The number of aromatic nitrogens is 5. The number of anilines is 1. The van der Waals surface area contributed by atoms with Crippen molar-refractivity contribution in [2.45, 2.75) is 32.7 Å². The third-order valence-corrected chi connectivity index (χ3v) is 5.42. The maximum atomic E-state index is 4.92. The molecule has 0 amide bonds. The second-order valence-corrected chi connectivity index (χ2v) is 7.88. The zero-order valence-electron chi connectivity index (χ0n) is 17.3. The number of fused-ring (bicyclic) bond motifs is 1. The van der Waals surface area contributed by atoms with Gasteiger partial charge in [-0.2, -0.15) is 5.10 Å². The summed E-state index contributed by atoms with van der Waals surface area (Å²) >= 11 is 0. The number of aryl methyl sites for hydroxylation is 2. The Kier molecular flexibility index (Phi) is 4.88. The van der Waals surface area contributed by atoms with E-state index in [1.165, 1.54) is 6.42 Å². The zero-order valence-corrected chi connectivity index (χ0v) is 17.3. The predicted octanol–water partition coefficient (Wildman–Crippen LogP) is 3.63. The molecule has 5 heterocycles. The number of rotatable bonds is 4. The number of hydrogen-bond donors (Lipinski definition) is 2.